The van der Waals surface area contributed by atoms with Gasteiger partial charge in [0.25, 0.3) is 0 Å². The zero-order valence-corrected chi connectivity index (χ0v) is 12.1. The second-order valence-electron chi connectivity index (χ2n) is 4.60. The number of nitrogens with zero attached hydrogens (tertiary/aromatic N) is 1. The van der Waals surface area contributed by atoms with Gasteiger partial charge in [-0.2, -0.15) is 5.26 Å². The Kier molecular flexibility index (Phi) is 5.13. The first-order valence-electron chi connectivity index (χ1n) is 6.27. The molecule has 1 rings (SSSR count). The van der Waals surface area contributed by atoms with Crippen LogP contribution in [0.15, 0.2) is 18.2 Å². The summed E-state index contributed by atoms with van der Waals surface area (Å²) in [7, 11) is 1.41. The van der Waals surface area contributed by atoms with Crippen LogP contribution in [0.25, 0.3) is 0 Å². The van der Waals surface area contributed by atoms with Crippen molar-refractivity contribution >= 4 is 17.7 Å². The first-order valence-corrected chi connectivity index (χ1v) is 6.27. The number of carboxylic acid groups (broad SMARTS) is 1. The third-order valence-electron chi connectivity index (χ3n) is 3.15. The minimum Gasteiger partial charge on any atom is -0.495 e. The topological polar surface area (TPSA) is 111 Å². The van der Waals surface area contributed by atoms with Crippen LogP contribution in [-0.4, -0.2) is 29.8 Å². The van der Waals surface area contributed by atoms with Gasteiger partial charge in [0.05, 0.1) is 24.4 Å². The van der Waals surface area contributed by atoms with Crippen LogP contribution in [0.1, 0.15) is 25.8 Å². The molecule has 0 heterocycles. The van der Waals surface area contributed by atoms with Crippen molar-refractivity contribution in [3.63, 3.8) is 0 Å². The number of urea groups is 1. The van der Waals surface area contributed by atoms with Crippen molar-refractivity contribution in [1.82, 2.24) is 5.32 Å². The van der Waals surface area contributed by atoms with Crippen LogP contribution in [0.2, 0.25) is 0 Å². The van der Waals surface area contributed by atoms with Crippen molar-refractivity contribution < 1.29 is 19.4 Å². The second-order valence-corrected chi connectivity index (χ2v) is 4.60. The van der Waals surface area contributed by atoms with Gasteiger partial charge >= 0.3 is 12.0 Å². The van der Waals surface area contributed by atoms with Crippen molar-refractivity contribution in [2.24, 2.45) is 0 Å². The molecule has 7 nitrogen and oxygen atoms in total. The lowest BCUT2D eigenvalue weighted by Gasteiger charge is -2.24. The molecule has 0 bridgehead atoms. The van der Waals surface area contributed by atoms with Gasteiger partial charge in [-0.05, 0) is 25.5 Å². The molecule has 1 atom stereocenters. The lowest BCUT2D eigenvalue weighted by Crippen LogP contribution is -2.53. The Morgan fingerprint density at radius 3 is 2.62 bits per heavy atom. The second kappa shape index (κ2) is 6.61. The Morgan fingerprint density at radius 2 is 2.14 bits per heavy atom. The third kappa shape index (κ3) is 3.86. The fourth-order valence-corrected chi connectivity index (χ4v) is 1.56. The Labute approximate surface area is 122 Å². The molecular formula is C14H17N3O4. The molecule has 112 valence electrons. The number of rotatable bonds is 5. The summed E-state index contributed by atoms with van der Waals surface area (Å²) in [4.78, 5) is 23.1. The summed E-state index contributed by atoms with van der Waals surface area (Å²) in [5, 5.41) is 22.8. The molecule has 0 aliphatic carbocycles. The van der Waals surface area contributed by atoms with Crippen molar-refractivity contribution in [2.45, 2.75) is 25.8 Å². The van der Waals surface area contributed by atoms with Crippen molar-refractivity contribution in [3.05, 3.63) is 23.8 Å². The maximum Gasteiger partial charge on any atom is 0.329 e. The van der Waals surface area contributed by atoms with Crippen LogP contribution >= 0.6 is 0 Å². The lowest BCUT2D eigenvalue weighted by molar-refractivity contribution is -0.143. The molecular weight excluding hydrogens is 274 g/mol. The van der Waals surface area contributed by atoms with E-state index in [1.807, 2.05) is 6.07 Å². The highest BCUT2D eigenvalue weighted by Crippen LogP contribution is 2.25. The van der Waals surface area contributed by atoms with Gasteiger partial charge in [-0.15, -0.1) is 0 Å². The van der Waals surface area contributed by atoms with Gasteiger partial charge in [0.2, 0.25) is 0 Å². The first-order chi connectivity index (χ1) is 9.86. The van der Waals surface area contributed by atoms with Crippen LogP contribution in [-0.2, 0) is 4.79 Å². The van der Waals surface area contributed by atoms with E-state index >= 15 is 0 Å². The number of ether oxygens (including phenoxy) is 1. The molecule has 0 spiro atoms. The molecule has 1 aromatic carbocycles. The largest absolute Gasteiger partial charge is 0.495 e. The van der Waals surface area contributed by atoms with E-state index in [9.17, 15) is 9.59 Å². The number of carbonyl (C=O) groups is 2. The minimum atomic E-state index is -1.36. The van der Waals surface area contributed by atoms with Gasteiger partial charge in [-0.25, -0.2) is 9.59 Å². The van der Waals surface area contributed by atoms with E-state index in [0.717, 1.165) is 0 Å². The highest BCUT2D eigenvalue weighted by molar-refractivity contribution is 5.94. The molecule has 1 aromatic rings. The Morgan fingerprint density at radius 1 is 1.48 bits per heavy atom. The fourth-order valence-electron chi connectivity index (χ4n) is 1.56. The molecule has 0 aliphatic rings. The molecule has 0 saturated carbocycles. The Hall–Kier alpha value is -2.75. The van der Waals surface area contributed by atoms with E-state index in [-0.39, 0.29) is 6.42 Å². The number of nitrogens with one attached hydrogen (secondary N) is 2. The summed E-state index contributed by atoms with van der Waals surface area (Å²) in [6, 6.07) is 5.81. The number of nitriles is 1. The number of carbonyl (C=O) groups excluding carboxylic acids is 1. The Bertz CT molecular complexity index is 594. The molecule has 0 radical (unpaired) electrons. The number of aliphatic carboxylic acids is 1. The molecule has 0 fully saturated rings. The molecule has 7 heteroatoms. The van der Waals surface area contributed by atoms with Gasteiger partial charge in [-0.1, -0.05) is 6.92 Å². The summed E-state index contributed by atoms with van der Waals surface area (Å²) in [5.74, 6) is -0.801. The first kappa shape index (κ1) is 16.3. The number of hydrogen-bond acceptors (Lipinski definition) is 4. The SMILES string of the molecule is CCC(C)(NC(=O)Nc1ccc(C#N)cc1OC)C(=O)O. The monoisotopic (exact) mass is 291 g/mol. The van der Waals surface area contributed by atoms with Gasteiger partial charge in [0, 0.05) is 6.07 Å². The highest BCUT2D eigenvalue weighted by Gasteiger charge is 2.32. The zero-order valence-electron chi connectivity index (χ0n) is 12.1. The number of benzene rings is 1. The van der Waals surface area contributed by atoms with Crippen molar-refractivity contribution in [2.75, 3.05) is 12.4 Å². The zero-order chi connectivity index (χ0) is 16.0. The fraction of sp³-hybridized carbons (Fsp3) is 0.357. The molecule has 0 saturated heterocycles. The standard InChI is InChI=1S/C14H17N3O4/c1-4-14(2,12(18)19)17-13(20)16-10-6-5-9(8-15)7-11(10)21-3/h5-7H,4H2,1-3H3,(H,18,19)(H2,16,17,20). The van der Waals surface area contributed by atoms with Crippen LogP contribution in [0.5, 0.6) is 5.75 Å². The summed E-state index contributed by atoms with van der Waals surface area (Å²) >= 11 is 0. The normalized spacial score (nSPS) is 12.7. The summed E-state index contributed by atoms with van der Waals surface area (Å²) in [6.45, 7) is 3.08. The molecule has 3 N–H and O–H groups in total. The predicted octanol–water partition coefficient (Wildman–Crippen LogP) is 1.94. The maximum atomic E-state index is 11.9. The van der Waals surface area contributed by atoms with Gasteiger partial charge in [0.1, 0.15) is 11.3 Å². The Balaban J connectivity index is 2.89. The van der Waals surface area contributed by atoms with Crippen LogP contribution in [0.4, 0.5) is 10.5 Å². The minimum absolute atomic E-state index is 0.236. The number of methoxy groups -OCH3 is 1. The van der Waals surface area contributed by atoms with E-state index < -0.39 is 17.5 Å². The molecule has 0 aliphatic heterocycles. The van der Waals surface area contributed by atoms with E-state index in [4.69, 9.17) is 15.1 Å². The van der Waals surface area contributed by atoms with Gasteiger partial charge in [-0.3, -0.25) is 0 Å². The molecule has 1 unspecified atom stereocenters. The van der Waals surface area contributed by atoms with Crippen molar-refractivity contribution in [3.8, 4) is 11.8 Å². The van der Waals surface area contributed by atoms with E-state index in [1.54, 1.807) is 6.92 Å². The number of hydrogen-bond donors (Lipinski definition) is 3. The maximum absolute atomic E-state index is 11.9. The van der Waals surface area contributed by atoms with E-state index in [0.29, 0.717) is 17.0 Å². The van der Waals surface area contributed by atoms with Crippen LogP contribution < -0.4 is 15.4 Å². The molecule has 21 heavy (non-hydrogen) atoms. The smallest absolute Gasteiger partial charge is 0.329 e. The average molecular weight is 291 g/mol. The summed E-state index contributed by atoms with van der Waals surface area (Å²) in [5.41, 5.74) is -0.622. The summed E-state index contributed by atoms with van der Waals surface area (Å²) < 4.78 is 5.08. The van der Waals surface area contributed by atoms with Gasteiger partial charge in [0.15, 0.2) is 0 Å². The highest BCUT2D eigenvalue weighted by atomic mass is 16.5. The van der Waals surface area contributed by atoms with Gasteiger partial charge < -0.3 is 20.5 Å². The predicted molar refractivity (Wildman–Crippen MR) is 76.2 cm³/mol. The van der Waals surface area contributed by atoms with Crippen molar-refractivity contribution in [1.29, 1.82) is 5.26 Å². The third-order valence-corrected chi connectivity index (χ3v) is 3.15. The molecule has 2 amide bonds. The quantitative estimate of drug-likeness (QED) is 0.767. The lowest BCUT2D eigenvalue weighted by atomic mass is 10.00. The average Bonchev–Trinajstić information content (AvgIpc) is 2.47. The van der Waals surface area contributed by atoms with Crippen LogP contribution in [0, 0.1) is 11.3 Å². The number of anilines is 1. The molecule has 0 aromatic heterocycles. The van der Waals surface area contributed by atoms with E-state index in [1.165, 1.54) is 32.2 Å². The summed E-state index contributed by atoms with van der Waals surface area (Å²) in [6.07, 6.45) is 0.236. The van der Waals surface area contributed by atoms with E-state index in [2.05, 4.69) is 10.6 Å². The number of carboxylic acids is 1. The number of amides is 2. The van der Waals surface area contributed by atoms with Crippen LogP contribution in [0.3, 0.4) is 0 Å².